The van der Waals surface area contributed by atoms with Crippen LogP contribution in [0.1, 0.15) is 38.5 Å². The van der Waals surface area contributed by atoms with Crippen LogP contribution in [0.4, 0.5) is 0 Å². The van der Waals surface area contributed by atoms with Crippen LogP contribution in [0, 0.1) is 23.2 Å². The van der Waals surface area contributed by atoms with Crippen molar-refractivity contribution in [3.05, 3.63) is 27.7 Å². The zero-order valence-corrected chi connectivity index (χ0v) is 16.0. The fourth-order valence-corrected chi connectivity index (χ4v) is 6.31. The van der Waals surface area contributed by atoms with E-state index in [0.29, 0.717) is 16.2 Å². The molecule has 0 spiro atoms. The van der Waals surface area contributed by atoms with Crippen molar-refractivity contribution in [3.63, 3.8) is 0 Å². The van der Waals surface area contributed by atoms with Crippen molar-refractivity contribution >= 4 is 33.4 Å². The Labute approximate surface area is 156 Å². The molecule has 1 amide bonds. The maximum atomic E-state index is 12.2. The van der Waals surface area contributed by atoms with Gasteiger partial charge in [-0.15, -0.1) is 0 Å². The number of ether oxygens (including phenoxy) is 1. The molecule has 4 bridgehead atoms. The van der Waals surface area contributed by atoms with Crippen LogP contribution >= 0.6 is 27.5 Å². The van der Waals surface area contributed by atoms with E-state index in [9.17, 15) is 4.79 Å². The molecule has 0 unspecified atom stereocenters. The van der Waals surface area contributed by atoms with Gasteiger partial charge in [0.1, 0.15) is 5.75 Å². The molecule has 3 nitrogen and oxygen atoms in total. The molecule has 5 heteroatoms. The summed E-state index contributed by atoms with van der Waals surface area (Å²) >= 11 is 9.47. The van der Waals surface area contributed by atoms with Gasteiger partial charge in [0, 0.05) is 11.0 Å². The summed E-state index contributed by atoms with van der Waals surface area (Å²) in [5.74, 6) is 3.22. The number of rotatable bonds is 5. The lowest BCUT2D eigenvalue weighted by atomic mass is 9.49. The summed E-state index contributed by atoms with van der Waals surface area (Å²) in [6.45, 7) is 0.834. The molecule has 0 radical (unpaired) electrons. The number of benzene rings is 1. The van der Waals surface area contributed by atoms with E-state index in [-0.39, 0.29) is 12.5 Å². The molecule has 5 rings (SSSR count). The molecule has 0 heterocycles. The maximum Gasteiger partial charge on any atom is 0.257 e. The zero-order chi connectivity index (χ0) is 16.7. The Kier molecular flexibility index (Phi) is 4.55. The van der Waals surface area contributed by atoms with Crippen LogP contribution in [-0.2, 0) is 4.79 Å². The second kappa shape index (κ2) is 6.53. The molecule has 0 atom stereocenters. The first-order chi connectivity index (χ1) is 11.5. The van der Waals surface area contributed by atoms with Crippen LogP contribution in [0.3, 0.4) is 0 Å². The predicted octanol–water partition coefficient (Wildman–Crippen LogP) is 4.81. The molecular weight excluding hydrogens is 390 g/mol. The molecule has 24 heavy (non-hydrogen) atoms. The molecule has 4 saturated carbocycles. The van der Waals surface area contributed by atoms with Crippen molar-refractivity contribution in [2.24, 2.45) is 23.2 Å². The van der Waals surface area contributed by atoms with Crippen molar-refractivity contribution in [2.45, 2.75) is 38.5 Å². The SMILES string of the molecule is O=C(COc1ccc(Br)cc1Cl)NCC12CC3CC(CC(C3)C1)C2. The van der Waals surface area contributed by atoms with Gasteiger partial charge in [-0.1, -0.05) is 27.5 Å². The van der Waals surface area contributed by atoms with Crippen LogP contribution in [0.25, 0.3) is 0 Å². The number of amides is 1. The molecule has 0 aromatic heterocycles. The van der Waals surface area contributed by atoms with Crippen molar-refractivity contribution in [3.8, 4) is 5.75 Å². The third-order valence-electron chi connectivity index (χ3n) is 6.08. The average molecular weight is 413 g/mol. The van der Waals surface area contributed by atoms with Gasteiger partial charge in [0.15, 0.2) is 6.61 Å². The fourth-order valence-electron chi connectivity index (χ4n) is 5.58. The quantitative estimate of drug-likeness (QED) is 0.753. The highest BCUT2D eigenvalue weighted by molar-refractivity contribution is 9.10. The minimum atomic E-state index is -0.0512. The Morgan fingerprint density at radius 2 is 1.83 bits per heavy atom. The molecule has 4 fully saturated rings. The third-order valence-corrected chi connectivity index (χ3v) is 6.87. The molecule has 130 valence electrons. The lowest BCUT2D eigenvalue weighted by molar-refractivity contribution is -0.125. The number of hydrogen-bond acceptors (Lipinski definition) is 2. The molecular formula is C19H23BrClNO2. The number of hydrogen-bond donors (Lipinski definition) is 1. The second-order valence-corrected chi connectivity index (χ2v) is 9.38. The summed E-state index contributed by atoms with van der Waals surface area (Å²) in [7, 11) is 0. The van der Waals surface area contributed by atoms with Gasteiger partial charge < -0.3 is 10.1 Å². The highest BCUT2D eigenvalue weighted by Crippen LogP contribution is 2.59. The van der Waals surface area contributed by atoms with E-state index in [1.807, 2.05) is 6.07 Å². The topological polar surface area (TPSA) is 38.3 Å². The van der Waals surface area contributed by atoms with Crippen molar-refractivity contribution < 1.29 is 9.53 Å². The van der Waals surface area contributed by atoms with Gasteiger partial charge in [-0.05, 0) is 79.9 Å². The van der Waals surface area contributed by atoms with Gasteiger partial charge in [-0.25, -0.2) is 0 Å². The fraction of sp³-hybridized carbons (Fsp3) is 0.632. The lowest BCUT2D eigenvalue weighted by Gasteiger charge is -2.56. The van der Waals surface area contributed by atoms with E-state index in [2.05, 4.69) is 21.2 Å². The Morgan fingerprint density at radius 3 is 2.42 bits per heavy atom. The summed E-state index contributed by atoms with van der Waals surface area (Å²) in [6, 6.07) is 5.40. The van der Waals surface area contributed by atoms with Crippen LogP contribution in [0.2, 0.25) is 5.02 Å². The summed E-state index contributed by atoms with van der Waals surface area (Å²) in [6.07, 6.45) is 8.20. The summed E-state index contributed by atoms with van der Waals surface area (Å²) in [4.78, 5) is 12.2. The predicted molar refractivity (Wildman–Crippen MR) is 98.3 cm³/mol. The second-order valence-electron chi connectivity index (χ2n) is 8.06. The van der Waals surface area contributed by atoms with E-state index in [0.717, 1.165) is 28.8 Å². The van der Waals surface area contributed by atoms with Gasteiger partial charge in [-0.2, -0.15) is 0 Å². The largest absolute Gasteiger partial charge is 0.482 e. The minimum Gasteiger partial charge on any atom is -0.482 e. The first-order valence-corrected chi connectivity index (χ1v) is 10.0. The van der Waals surface area contributed by atoms with Gasteiger partial charge in [0.05, 0.1) is 5.02 Å². The maximum absolute atomic E-state index is 12.2. The van der Waals surface area contributed by atoms with E-state index in [4.69, 9.17) is 16.3 Å². The van der Waals surface area contributed by atoms with Gasteiger partial charge >= 0.3 is 0 Å². The van der Waals surface area contributed by atoms with Gasteiger partial charge in [0.2, 0.25) is 0 Å². The minimum absolute atomic E-state index is 0.0215. The summed E-state index contributed by atoms with van der Waals surface area (Å²) in [5.41, 5.74) is 0.361. The Balaban J connectivity index is 1.29. The van der Waals surface area contributed by atoms with Crippen LogP contribution in [0.5, 0.6) is 5.75 Å². The smallest absolute Gasteiger partial charge is 0.257 e. The molecule has 0 saturated heterocycles. The first kappa shape index (κ1) is 16.7. The Bertz CT molecular complexity index is 613. The van der Waals surface area contributed by atoms with Gasteiger partial charge in [0.25, 0.3) is 5.91 Å². The lowest BCUT2D eigenvalue weighted by Crippen LogP contribution is -2.51. The molecule has 0 aliphatic heterocycles. The van der Waals surface area contributed by atoms with Crippen LogP contribution in [-0.4, -0.2) is 19.1 Å². The third kappa shape index (κ3) is 3.45. The highest BCUT2D eigenvalue weighted by atomic mass is 79.9. The van der Waals surface area contributed by atoms with Crippen molar-refractivity contribution in [1.29, 1.82) is 0 Å². The summed E-state index contributed by atoms with van der Waals surface area (Å²) < 4.78 is 6.45. The molecule has 4 aliphatic carbocycles. The van der Waals surface area contributed by atoms with E-state index in [1.54, 1.807) is 12.1 Å². The number of carbonyl (C=O) groups excluding carboxylic acids is 1. The molecule has 1 N–H and O–H groups in total. The van der Waals surface area contributed by atoms with Crippen LogP contribution < -0.4 is 10.1 Å². The number of carbonyl (C=O) groups is 1. The average Bonchev–Trinajstić information content (AvgIpc) is 2.51. The highest BCUT2D eigenvalue weighted by Gasteiger charge is 2.50. The normalized spacial score (nSPS) is 33.5. The molecule has 4 aliphatic rings. The number of halogens is 2. The van der Waals surface area contributed by atoms with E-state index >= 15 is 0 Å². The Morgan fingerprint density at radius 1 is 1.21 bits per heavy atom. The summed E-state index contributed by atoms with van der Waals surface area (Å²) in [5, 5.41) is 3.64. The van der Waals surface area contributed by atoms with Crippen molar-refractivity contribution in [1.82, 2.24) is 5.32 Å². The number of nitrogens with one attached hydrogen (secondary N) is 1. The monoisotopic (exact) mass is 411 g/mol. The van der Waals surface area contributed by atoms with Gasteiger partial charge in [-0.3, -0.25) is 4.79 Å². The zero-order valence-electron chi connectivity index (χ0n) is 13.7. The van der Waals surface area contributed by atoms with Crippen LogP contribution in [0.15, 0.2) is 22.7 Å². The molecule has 1 aromatic carbocycles. The molecule has 1 aromatic rings. The standard InChI is InChI=1S/C19H23BrClNO2/c20-15-1-2-17(16(21)6-15)24-10-18(23)22-11-19-7-12-3-13(8-19)5-14(4-12)9-19/h1-2,6,12-14H,3-5,7-11H2,(H,22,23). The Hall–Kier alpha value is -0.740. The van der Waals surface area contributed by atoms with Crippen molar-refractivity contribution in [2.75, 3.05) is 13.2 Å². The van der Waals surface area contributed by atoms with E-state index < -0.39 is 0 Å². The van der Waals surface area contributed by atoms with E-state index in [1.165, 1.54) is 38.5 Å². The first-order valence-electron chi connectivity index (χ1n) is 8.86.